The fourth-order valence-electron chi connectivity index (χ4n) is 5.65. The Bertz CT molecular complexity index is 1670. The van der Waals surface area contributed by atoms with Crippen LogP contribution in [0.3, 0.4) is 0 Å². The summed E-state index contributed by atoms with van der Waals surface area (Å²) in [7, 11) is 1.49. The van der Waals surface area contributed by atoms with Crippen LogP contribution in [0, 0.1) is 18.3 Å². The monoisotopic (exact) mass is 590 g/mol. The van der Waals surface area contributed by atoms with Gasteiger partial charge in [-0.2, -0.15) is 5.26 Å². The number of carboxylic acid groups (broad SMARTS) is 1. The predicted molar refractivity (Wildman–Crippen MR) is 160 cm³/mol. The Balaban J connectivity index is 2.07. The summed E-state index contributed by atoms with van der Waals surface area (Å²) in [4.78, 5) is 46.0. The SMILES string of the molecule is COc1cc(C)c2c(c1C(C)(CC(=O)O)c1nc3ccc(C#N)cc3n1C(=O)OC(C)(C)C)CCN2C(=O)OC(C)(C)C. The number of carboxylic acids is 1. The first kappa shape index (κ1) is 31.3. The molecule has 1 aromatic heterocycles. The highest BCUT2D eigenvalue weighted by atomic mass is 16.6. The molecule has 1 amide bonds. The van der Waals surface area contributed by atoms with Gasteiger partial charge in [0.15, 0.2) is 0 Å². The third-order valence-corrected chi connectivity index (χ3v) is 7.15. The maximum Gasteiger partial charge on any atom is 0.420 e. The zero-order valence-corrected chi connectivity index (χ0v) is 26.1. The number of hydrogen-bond acceptors (Lipinski definition) is 8. The van der Waals surface area contributed by atoms with Crippen LogP contribution in [0.15, 0.2) is 24.3 Å². The van der Waals surface area contributed by atoms with Gasteiger partial charge in [0.2, 0.25) is 0 Å². The molecule has 1 unspecified atom stereocenters. The molecule has 1 aliphatic rings. The molecule has 0 radical (unpaired) electrons. The van der Waals surface area contributed by atoms with Crippen LogP contribution >= 0.6 is 0 Å². The first-order valence-electron chi connectivity index (χ1n) is 14.0. The zero-order valence-electron chi connectivity index (χ0n) is 26.1. The first-order chi connectivity index (χ1) is 19.9. The maximum atomic E-state index is 13.8. The number of nitrogens with zero attached hydrogens (tertiary/aromatic N) is 4. The average molecular weight is 591 g/mol. The largest absolute Gasteiger partial charge is 0.496 e. The van der Waals surface area contributed by atoms with Gasteiger partial charge >= 0.3 is 18.2 Å². The Morgan fingerprint density at radius 3 is 2.21 bits per heavy atom. The Morgan fingerprint density at radius 2 is 1.65 bits per heavy atom. The molecular weight excluding hydrogens is 552 g/mol. The summed E-state index contributed by atoms with van der Waals surface area (Å²) in [5.41, 5.74) is 0.472. The van der Waals surface area contributed by atoms with E-state index in [1.54, 1.807) is 71.6 Å². The summed E-state index contributed by atoms with van der Waals surface area (Å²) >= 11 is 0. The van der Waals surface area contributed by atoms with Gasteiger partial charge in [-0.1, -0.05) is 0 Å². The van der Waals surface area contributed by atoms with E-state index in [9.17, 15) is 24.8 Å². The molecule has 11 nitrogen and oxygen atoms in total. The fraction of sp³-hybridized carbons (Fsp3) is 0.469. The quantitative estimate of drug-likeness (QED) is 0.373. The molecule has 0 saturated carbocycles. The summed E-state index contributed by atoms with van der Waals surface area (Å²) in [6, 6.07) is 8.55. The number of nitriles is 1. The van der Waals surface area contributed by atoms with E-state index in [0.29, 0.717) is 52.1 Å². The van der Waals surface area contributed by atoms with E-state index in [0.717, 1.165) is 5.56 Å². The van der Waals surface area contributed by atoms with Crippen LogP contribution < -0.4 is 9.64 Å². The lowest BCUT2D eigenvalue weighted by atomic mass is 9.74. The minimum atomic E-state index is -1.46. The second kappa shape index (κ2) is 10.9. The molecule has 1 N–H and O–H groups in total. The van der Waals surface area contributed by atoms with Crippen LogP contribution in [0.25, 0.3) is 11.0 Å². The molecule has 2 heterocycles. The third-order valence-electron chi connectivity index (χ3n) is 7.15. The standard InChI is InChI=1S/C32H38N4O7/c1-18-14-23(41-9)25(20-12-13-35(26(18)20)28(39)42-30(2,3)4)32(8,16-24(37)38)27-34-21-11-10-19(17-33)15-22(21)36(27)29(40)43-31(5,6)7/h10-11,14-15H,12-13,16H2,1-9H3,(H,37,38). The van der Waals surface area contributed by atoms with E-state index in [1.165, 1.54) is 17.7 Å². The number of amides is 1. The Kier molecular flexibility index (Phi) is 7.96. The fourth-order valence-corrected chi connectivity index (χ4v) is 5.65. The number of hydrogen-bond donors (Lipinski definition) is 1. The molecule has 4 rings (SSSR count). The van der Waals surface area contributed by atoms with Crippen molar-refractivity contribution in [2.75, 3.05) is 18.6 Å². The second-order valence-corrected chi connectivity index (χ2v) is 12.9. The van der Waals surface area contributed by atoms with Crippen molar-refractivity contribution in [1.29, 1.82) is 5.26 Å². The molecule has 1 aliphatic heterocycles. The summed E-state index contributed by atoms with van der Waals surface area (Å²) < 4.78 is 18.5. The molecular formula is C32H38N4O7. The minimum Gasteiger partial charge on any atom is -0.496 e. The molecule has 0 fully saturated rings. The highest BCUT2D eigenvalue weighted by Crippen LogP contribution is 2.49. The molecule has 2 aromatic carbocycles. The van der Waals surface area contributed by atoms with Gasteiger partial charge in [-0.15, -0.1) is 0 Å². The maximum absolute atomic E-state index is 13.8. The van der Waals surface area contributed by atoms with Crippen LogP contribution in [0.2, 0.25) is 0 Å². The van der Waals surface area contributed by atoms with Gasteiger partial charge in [0.1, 0.15) is 22.8 Å². The lowest BCUT2D eigenvalue weighted by molar-refractivity contribution is -0.138. The van der Waals surface area contributed by atoms with Crippen molar-refractivity contribution < 1.29 is 33.7 Å². The number of benzene rings is 2. The Labute approximate surface area is 251 Å². The van der Waals surface area contributed by atoms with Crippen molar-refractivity contribution in [2.24, 2.45) is 0 Å². The van der Waals surface area contributed by atoms with E-state index in [2.05, 4.69) is 6.07 Å². The van der Waals surface area contributed by atoms with Gasteiger partial charge in [-0.25, -0.2) is 19.1 Å². The number of methoxy groups -OCH3 is 1. The molecule has 0 saturated heterocycles. The molecule has 0 aliphatic carbocycles. The van der Waals surface area contributed by atoms with E-state index < -0.39 is 41.2 Å². The van der Waals surface area contributed by atoms with Gasteiger partial charge in [0.05, 0.1) is 47.3 Å². The molecule has 0 bridgehead atoms. The van der Waals surface area contributed by atoms with Gasteiger partial charge in [-0.3, -0.25) is 9.69 Å². The number of rotatable bonds is 5. The van der Waals surface area contributed by atoms with Crippen LogP contribution in [0.4, 0.5) is 15.3 Å². The summed E-state index contributed by atoms with van der Waals surface area (Å²) in [6.07, 6.45) is -1.37. The number of fused-ring (bicyclic) bond motifs is 2. The molecule has 0 spiro atoms. The first-order valence-corrected chi connectivity index (χ1v) is 14.0. The van der Waals surface area contributed by atoms with Gasteiger partial charge in [0.25, 0.3) is 0 Å². The number of ether oxygens (including phenoxy) is 3. The second-order valence-electron chi connectivity index (χ2n) is 12.9. The van der Waals surface area contributed by atoms with Crippen molar-refractivity contribution in [3.63, 3.8) is 0 Å². The van der Waals surface area contributed by atoms with Crippen molar-refractivity contribution in [1.82, 2.24) is 9.55 Å². The van der Waals surface area contributed by atoms with E-state index in [-0.39, 0.29) is 5.82 Å². The van der Waals surface area contributed by atoms with E-state index in [4.69, 9.17) is 19.2 Å². The number of aromatic nitrogens is 2. The molecule has 11 heteroatoms. The van der Waals surface area contributed by atoms with Crippen LogP contribution in [0.5, 0.6) is 5.75 Å². The predicted octanol–water partition coefficient (Wildman–Crippen LogP) is 6.09. The van der Waals surface area contributed by atoms with E-state index >= 15 is 0 Å². The summed E-state index contributed by atoms with van der Waals surface area (Å²) in [5.74, 6) is -0.637. The summed E-state index contributed by atoms with van der Waals surface area (Å²) in [5, 5.41) is 19.8. The molecule has 3 aromatic rings. The molecule has 43 heavy (non-hydrogen) atoms. The third kappa shape index (κ3) is 6.00. The van der Waals surface area contributed by atoms with Crippen LogP contribution in [-0.4, -0.2) is 57.7 Å². The zero-order chi connectivity index (χ0) is 32.1. The highest BCUT2D eigenvalue weighted by Gasteiger charge is 2.45. The van der Waals surface area contributed by atoms with Crippen molar-refractivity contribution in [2.45, 2.75) is 84.8 Å². The molecule has 228 valence electrons. The summed E-state index contributed by atoms with van der Waals surface area (Å²) in [6.45, 7) is 14.4. The number of aliphatic carboxylic acids is 1. The number of imidazole rings is 1. The van der Waals surface area contributed by atoms with Gasteiger partial charge < -0.3 is 19.3 Å². The number of aryl methyl sites for hydroxylation is 1. The number of anilines is 1. The Hall–Kier alpha value is -4.59. The highest BCUT2D eigenvalue weighted by molar-refractivity contribution is 5.94. The van der Waals surface area contributed by atoms with Gasteiger partial charge in [0, 0.05) is 12.1 Å². The minimum absolute atomic E-state index is 0.106. The average Bonchev–Trinajstić information content (AvgIpc) is 3.48. The normalized spacial score (nSPS) is 14.6. The smallest absolute Gasteiger partial charge is 0.420 e. The number of carbonyl (C=O) groups is 3. The van der Waals surface area contributed by atoms with E-state index in [1.807, 2.05) is 6.92 Å². The van der Waals surface area contributed by atoms with Gasteiger partial charge in [-0.05, 0) is 97.2 Å². The lowest BCUT2D eigenvalue weighted by Crippen LogP contribution is -2.37. The van der Waals surface area contributed by atoms with Crippen molar-refractivity contribution >= 4 is 34.9 Å². The molecule has 1 atom stereocenters. The van der Waals surface area contributed by atoms with Crippen molar-refractivity contribution in [3.8, 4) is 11.8 Å². The lowest BCUT2D eigenvalue weighted by Gasteiger charge is -2.33. The van der Waals surface area contributed by atoms with Crippen molar-refractivity contribution in [3.05, 3.63) is 52.3 Å². The Morgan fingerprint density at radius 1 is 1.02 bits per heavy atom. The van der Waals surface area contributed by atoms with Crippen LogP contribution in [-0.2, 0) is 26.1 Å². The number of carbonyl (C=O) groups excluding carboxylic acids is 2. The topological polar surface area (TPSA) is 144 Å². The van der Waals surface area contributed by atoms with Crippen LogP contribution in [0.1, 0.15) is 83.0 Å².